The Morgan fingerprint density at radius 2 is 2.00 bits per heavy atom. The number of aliphatic hydroxyl groups excluding tert-OH is 1. The molecule has 0 aromatic rings. The Morgan fingerprint density at radius 3 is 2.47 bits per heavy atom. The molecule has 6 heteroatoms. The summed E-state index contributed by atoms with van der Waals surface area (Å²) in [6, 6.07) is 0. The summed E-state index contributed by atoms with van der Waals surface area (Å²) in [6.45, 7) is 7.87. The maximum atomic E-state index is 11.9. The van der Waals surface area contributed by atoms with Gasteiger partial charge in [-0.1, -0.05) is 20.8 Å². The topological polar surface area (TPSA) is 87.1 Å². The van der Waals surface area contributed by atoms with E-state index in [9.17, 15) is 19.8 Å². The third-order valence-electron chi connectivity index (χ3n) is 3.57. The zero-order valence-corrected chi connectivity index (χ0v) is 12.0. The zero-order chi connectivity index (χ0) is 14.8. The van der Waals surface area contributed by atoms with Crippen LogP contribution in [0, 0.1) is 5.41 Å². The second kappa shape index (κ2) is 5.36. The van der Waals surface area contributed by atoms with Gasteiger partial charge in [-0.25, -0.2) is 9.59 Å². The number of carbonyl (C=O) groups is 2. The minimum absolute atomic E-state index is 0.0426. The van der Waals surface area contributed by atoms with Gasteiger partial charge in [-0.05, 0) is 25.2 Å². The van der Waals surface area contributed by atoms with Gasteiger partial charge >= 0.3 is 12.1 Å². The van der Waals surface area contributed by atoms with E-state index in [-0.39, 0.29) is 25.0 Å². The molecule has 0 saturated carbocycles. The number of likely N-dealkylation sites (tertiary alicyclic amines) is 1. The molecule has 19 heavy (non-hydrogen) atoms. The normalized spacial score (nSPS) is 27.4. The van der Waals surface area contributed by atoms with E-state index < -0.39 is 23.7 Å². The standard InChI is InChI=1S/C13H23NO5/c1-12(2,3)6-8-19-11(18)14-7-5-9(15)13(14,4)10(16)17/h9,15H,5-8H2,1-4H3,(H,16,17). The lowest BCUT2D eigenvalue weighted by molar-refractivity contribution is -0.152. The van der Waals surface area contributed by atoms with Gasteiger partial charge in [0, 0.05) is 6.54 Å². The molecule has 0 radical (unpaired) electrons. The zero-order valence-electron chi connectivity index (χ0n) is 12.0. The Labute approximate surface area is 113 Å². The Balaban J connectivity index is 2.64. The van der Waals surface area contributed by atoms with Crippen LogP contribution < -0.4 is 0 Å². The average Bonchev–Trinajstić information content (AvgIpc) is 2.55. The molecule has 1 heterocycles. The summed E-state index contributed by atoms with van der Waals surface area (Å²) in [5.74, 6) is -1.22. The number of carboxylic acids is 1. The van der Waals surface area contributed by atoms with E-state index in [4.69, 9.17) is 4.74 Å². The largest absolute Gasteiger partial charge is 0.479 e. The molecule has 0 bridgehead atoms. The number of carbonyl (C=O) groups excluding carboxylic acids is 1. The molecular weight excluding hydrogens is 250 g/mol. The lowest BCUT2D eigenvalue weighted by Crippen LogP contribution is -2.56. The molecular formula is C13H23NO5. The SMILES string of the molecule is CC(C)(C)CCOC(=O)N1CCC(O)C1(C)C(=O)O. The molecule has 0 aromatic heterocycles. The van der Waals surface area contributed by atoms with E-state index in [1.165, 1.54) is 6.92 Å². The predicted molar refractivity (Wildman–Crippen MR) is 68.8 cm³/mol. The predicted octanol–water partition coefficient (Wildman–Crippen LogP) is 1.47. The van der Waals surface area contributed by atoms with Crippen LogP contribution in [0.2, 0.25) is 0 Å². The first-order valence-corrected chi connectivity index (χ1v) is 6.45. The number of nitrogens with zero attached hydrogens (tertiary/aromatic N) is 1. The van der Waals surface area contributed by atoms with Crippen molar-refractivity contribution < 1.29 is 24.5 Å². The molecule has 0 aromatic carbocycles. The maximum absolute atomic E-state index is 11.9. The molecule has 2 N–H and O–H groups in total. The fourth-order valence-corrected chi connectivity index (χ4v) is 2.01. The second-order valence-corrected chi connectivity index (χ2v) is 6.33. The van der Waals surface area contributed by atoms with E-state index >= 15 is 0 Å². The summed E-state index contributed by atoms with van der Waals surface area (Å²) in [4.78, 5) is 24.3. The van der Waals surface area contributed by atoms with Gasteiger partial charge in [0.2, 0.25) is 0 Å². The number of rotatable bonds is 3. The van der Waals surface area contributed by atoms with E-state index in [1.807, 2.05) is 20.8 Å². The third-order valence-corrected chi connectivity index (χ3v) is 3.57. The Hall–Kier alpha value is -1.30. The lowest BCUT2D eigenvalue weighted by Gasteiger charge is -2.32. The summed E-state index contributed by atoms with van der Waals surface area (Å²) in [5.41, 5.74) is -1.56. The molecule has 1 rings (SSSR count). The van der Waals surface area contributed by atoms with E-state index in [0.717, 1.165) is 4.90 Å². The maximum Gasteiger partial charge on any atom is 0.410 e. The van der Waals surface area contributed by atoms with Crippen molar-refractivity contribution in [1.29, 1.82) is 0 Å². The minimum Gasteiger partial charge on any atom is -0.479 e. The first-order valence-electron chi connectivity index (χ1n) is 6.45. The van der Waals surface area contributed by atoms with Gasteiger partial charge in [-0.2, -0.15) is 0 Å². The van der Waals surface area contributed by atoms with Crippen molar-refractivity contribution in [2.45, 2.75) is 52.2 Å². The lowest BCUT2D eigenvalue weighted by atomic mass is 9.93. The van der Waals surface area contributed by atoms with Gasteiger partial charge in [0.1, 0.15) is 0 Å². The molecule has 1 aliphatic rings. The number of carboxylic acid groups (broad SMARTS) is 1. The molecule has 1 saturated heterocycles. The fourth-order valence-electron chi connectivity index (χ4n) is 2.01. The van der Waals surface area contributed by atoms with Crippen molar-refractivity contribution >= 4 is 12.1 Å². The molecule has 110 valence electrons. The highest BCUT2D eigenvalue weighted by Crippen LogP contribution is 2.30. The van der Waals surface area contributed by atoms with Crippen LogP contribution in [0.25, 0.3) is 0 Å². The second-order valence-electron chi connectivity index (χ2n) is 6.33. The number of ether oxygens (including phenoxy) is 1. The van der Waals surface area contributed by atoms with Crippen LogP contribution in [0.5, 0.6) is 0 Å². The first kappa shape index (κ1) is 15.8. The van der Waals surface area contributed by atoms with Crippen molar-refractivity contribution in [3.8, 4) is 0 Å². The Morgan fingerprint density at radius 1 is 1.42 bits per heavy atom. The average molecular weight is 273 g/mol. The summed E-state index contributed by atoms with van der Waals surface area (Å²) in [5, 5.41) is 19.0. The van der Waals surface area contributed by atoms with Crippen molar-refractivity contribution in [3.63, 3.8) is 0 Å². The summed E-state index contributed by atoms with van der Waals surface area (Å²) in [7, 11) is 0. The van der Waals surface area contributed by atoms with Crippen LogP contribution in [0.4, 0.5) is 4.79 Å². The van der Waals surface area contributed by atoms with Crippen LogP contribution in [0.1, 0.15) is 40.5 Å². The van der Waals surface area contributed by atoms with Gasteiger partial charge in [0.05, 0.1) is 12.7 Å². The van der Waals surface area contributed by atoms with Gasteiger partial charge < -0.3 is 14.9 Å². The van der Waals surface area contributed by atoms with Crippen molar-refractivity contribution in [3.05, 3.63) is 0 Å². The van der Waals surface area contributed by atoms with E-state index in [1.54, 1.807) is 0 Å². The molecule has 0 aliphatic carbocycles. The summed E-state index contributed by atoms with van der Waals surface area (Å²) in [6.07, 6.45) is -0.804. The monoisotopic (exact) mass is 273 g/mol. The number of amides is 1. The number of hydrogen-bond acceptors (Lipinski definition) is 4. The highest BCUT2D eigenvalue weighted by Gasteiger charge is 2.53. The number of hydrogen-bond donors (Lipinski definition) is 2. The van der Waals surface area contributed by atoms with Gasteiger partial charge in [0.25, 0.3) is 0 Å². The smallest absolute Gasteiger partial charge is 0.410 e. The molecule has 2 atom stereocenters. The quantitative estimate of drug-likeness (QED) is 0.813. The molecule has 1 amide bonds. The molecule has 6 nitrogen and oxygen atoms in total. The fraction of sp³-hybridized carbons (Fsp3) is 0.846. The summed E-state index contributed by atoms with van der Waals surface area (Å²) >= 11 is 0. The molecule has 2 unspecified atom stereocenters. The van der Waals surface area contributed by atoms with Gasteiger partial charge in [-0.3, -0.25) is 4.90 Å². The van der Waals surface area contributed by atoms with Crippen LogP contribution in [-0.4, -0.2) is 52.0 Å². The highest BCUT2D eigenvalue weighted by atomic mass is 16.6. The van der Waals surface area contributed by atoms with Crippen molar-refractivity contribution in [2.24, 2.45) is 5.41 Å². The summed E-state index contributed by atoms with van der Waals surface area (Å²) < 4.78 is 5.11. The van der Waals surface area contributed by atoms with Crippen LogP contribution in [0.15, 0.2) is 0 Å². The third kappa shape index (κ3) is 3.37. The highest BCUT2D eigenvalue weighted by molar-refractivity contribution is 5.85. The van der Waals surface area contributed by atoms with Crippen LogP contribution >= 0.6 is 0 Å². The van der Waals surface area contributed by atoms with Gasteiger partial charge in [0.15, 0.2) is 5.54 Å². The van der Waals surface area contributed by atoms with Gasteiger partial charge in [-0.15, -0.1) is 0 Å². The van der Waals surface area contributed by atoms with Crippen molar-refractivity contribution in [2.75, 3.05) is 13.2 Å². The number of aliphatic carboxylic acids is 1. The van der Waals surface area contributed by atoms with Crippen LogP contribution in [0.3, 0.4) is 0 Å². The molecule has 0 spiro atoms. The Bertz CT molecular complexity index is 363. The Kier molecular flexibility index (Phi) is 4.45. The van der Waals surface area contributed by atoms with Crippen molar-refractivity contribution in [1.82, 2.24) is 4.90 Å². The van der Waals surface area contributed by atoms with E-state index in [2.05, 4.69) is 0 Å². The first-order chi connectivity index (χ1) is 8.59. The molecule has 1 aliphatic heterocycles. The molecule has 1 fully saturated rings. The minimum atomic E-state index is -1.60. The van der Waals surface area contributed by atoms with E-state index in [0.29, 0.717) is 6.42 Å². The van der Waals surface area contributed by atoms with Crippen LogP contribution in [-0.2, 0) is 9.53 Å². The number of aliphatic hydroxyl groups is 1.